The summed E-state index contributed by atoms with van der Waals surface area (Å²) in [5, 5.41) is 17.3. The van der Waals surface area contributed by atoms with E-state index in [2.05, 4.69) is 0 Å². The van der Waals surface area contributed by atoms with Crippen molar-refractivity contribution in [3.8, 4) is 0 Å². The van der Waals surface area contributed by atoms with E-state index >= 15 is 0 Å². The predicted molar refractivity (Wildman–Crippen MR) is 43.7 cm³/mol. The van der Waals surface area contributed by atoms with Crippen LogP contribution in [-0.4, -0.2) is 42.2 Å². The summed E-state index contributed by atoms with van der Waals surface area (Å²) in [6.45, 7) is 0.332. The molecule has 0 aromatic rings. The summed E-state index contributed by atoms with van der Waals surface area (Å²) >= 11 is 0. The first kappa shape index (κ1) is 10.9. The van der Waals surface area contributed by atoms with Gasteiger partial charge in [0.25, 0.3) is 0 Å². The highest BCUT2D eigenvalue weighted by Crippen LogP contribution is 2.30. The van der Waals surface area contributed by atoms with Gasteiger partial charge in [-0.25, -0.2) is 0 Å². The Kier molecular flexibility index (Phi) is 3.43. The molecular weight excluding hydrogens is 192 g/mol. The topological polar surface area (TPSA) is 93.1 Å². The van der Waals surface area contributed by atoms with Crippen LogP contribution in [0.4, 0.5) is 0 Å². The first-order valence-electron chi connectivity index (χ1n) is 4.13. The van der Waals surface area contributed by atoms with Crippen molar-refractivity contribution in [1.82, 2.24) is 0 Å². The summed E-state index contributed by atoms with van der Waals surface area (Å²) in [6.07, 6.45) is -0.501. The molecule has 1 aliphatic rings. The minimum atomic E-state index is -1.04. The lowest BCUT2D eigenvalue weighted by atomic mass is 9.82. The van der Waals surface area contributed by atoms with Crippen LogP contribution in [0.15, 0.2) is 0 Å². The Morgan fingerprint density at radius 3 is 1.86 bits per heavy atom. The Morgan fingerprint density at radius 2 is 1.50 bits per heavy atom. The van der Waals surface area contributed by atoms with Crippen molar-refractivity contribution >= 4 is 11.9 Å². The van der Waals surface area contributed by atoms with E-state index in [1.165, 1.54) is 0 Å². The van der Waals surface area contributed by atoms with Crippen LogP contribution in [0.5, 0.6) is 0 Å². The predicted octanol–water partition coefficient (Wildman–Crippen LogP) is -0.0735. The van der Waals surface area contributed by atoms with E-state index in [4.69, 9.17) is 19.7 Å². The largest absolute Gasteiger partial charge is 0.481 e. The SMILES string of the molecule is O=C(O)CC1(CC(=O)O)COCOC1. The van der Waals surface area contributed by atoms with Crippen molar-refractivity contribution in [3.05, 3.63) is 0 Å². The van der Waals surface area contributed by atoms with Gasteiger partial charge in [0, 0.05) is 5.41 Å². The zero-order valence-electron chi connectivity index (χ0n) is 7.56. The van der Waals surface area contributed by atoms with Crippen LogP contribution in [0.3, 0.4) is 0 Å². The molecule has 0 atom stereocenters. The third-order valence-corrected chi connectivity index (χ3v) is 2.04. The van der Waals surface area contributed by atoms with Gasteiger partial charge in [0.1, 0.15) is 6.79 Å². The molecule has 0 radical (unpaired) electrons. The molecule has 1 saturated heterocycles. The zero-order chi connectivity index (χ0) is 10.6. The van der Waals surface area contributed by atoms with E-state index in [-0.39, 0.29) is 32.8 Å². The Labute approximate surface area is 80.4 Å². The van der Waals surface area contributed by atoms with Gasteiger partial charge < -0.3 is 19.7 Å². The molecule has 80 valence electrons. The van der Waals surface area contributed by atoms with Crippen molar-refractivity contribution in [2.75, 3.05) is 20.0 Å². The van der Waals surface area contributed by atoms with Crippen molar-refractivity contribution < 1.29 is 29.3 Å². The second kappa shape index (κ2) is 4.39. The number of carboxylic acids is 2. The van der Waals surface area contributed by atoms with Crippen LogP contribution >= 0.6 is 0 Å². The summed E-state index contributed by atoms with van der Waals surface area (Å²) in [5.74, 6) is -2.08. The molecule has 14 heavy (non-hydrogen) atoms. The van der Waals surface area contributed by atoms with Crippen LogP contribution in [-0.2, 0) is 19.1 Å². The molecule has 1 heterocycles. The fourth-order valence-corrected chi connectivity index (χ4v) is 1.53. The quantitative estimate of drug-likeness (QED) is 0.665. The third-order valence-electron chi connectivity index (χ3n) is 2.04. The molecule has 0 unspecified atom stereocenters. The van der Waals surface area contributed by atoms with E-state index in [0.29, 0.717) is 0 Å². The molecule has 6 heteroatoms. The molecule has 1 rings (SSSR count). The number of rotatable bonds is 4. The third kappa shape index (κ3) is 2.97. The van der Waals surface area contributed by atoms with Gasteiger partial charge in [-0.2, -0.15) is 0 Å². The fourth-order valence-electron chi connectivity index (χ4n) is 1.53. The van der Waals surface area contributed by atoms with Gasteiger partial charge in [-0.05, 0) is 0 Å². The normalized spacial score (nSPS) is 20.3. The fraction of sp³-hybridized carbons (Fsp3) is 0.750. The smallest absolute Gasteiger partial charge is 0.304 e. The molecule has 0 aromatic heterocycles. The first-order valence-corrected chi connectivity index (χ1v) is 4.13. The Morgan fingerprint density at radius 1 is 1.07 bits per heavy atom. The van der Waals surface area contributed by atoms with Gasteiger partial charge in [0.05, 0.1) is 26.1 Å². The summed E-state index contributed by atoms with van der Waals surface area (Å²) in [7, 11) is 0. The number of carbonyl (C=O) groups is 2. The highest BCUT2D eigenvalue weighted by molar-refractivity contribution is 5.72. The molecule has 2 N–H and O–H groups in total. The molecule has 1 fully saturated rings. The van der Waals surface area contributed by atoms with Gasteiger partial charge in [0.15, 0.2) is 0 Å². The van der Waals surface area contributed by atoms with E-state index < -0.39 is 17.4 Å². The number of aliphatic carboxylic acids is 2. The molecule has 1 aliphatic heterocycles. The van der Waals surface area contributed by atoms with Crippen LogP contribution in [0.1, 0.15) is 12.8 Å². The van der Waals surface area contributed by atoms with Crippen molar-refractivity contribution in [2.45, 2.75) is 12.8 Å². The summed E-state index contributed by atoms with van der Waals surface area (Å²) in [4.78, 5) is 21.1. The number of carboxylic acid groups (broad SMARTS) is 2. The lowest BCUT2D eigenvalue weighted by molar-refractivity contribution is -0.182. The summed E-state index contributed by atoms with van der Waals surface area (Å²) in [5.41, 5.74) is -0.921. The monoisotopic (exact) mass is 204 g/mol. The molecule has 0 amide bonds. The maximum Gasteiger partial charge on any atom is 0.304 e. The molecular formula is C8H12O6. The highest BCUT2D eigenvalue weighted by atomic mass is 16.7. The van der Waals surface area contributed by atoms with E-state index in [1.54, 1.807) is 0 Å². The van der Waals surface area contributed by atoms with Gasteiger partial charge in [0.2, 0.25) is 0 Å². The molecule has 0 aromatic carbocycles. The Hall–Kier alpha value is -1.14. The Balaban J connectivity index is 2.66. The minimum absolute atomic E-state index is 0.0982. The van der Waals surface area contributed by atoms with Crippen molar-refractivity contribution in [1.29, 1.82) is 0 Å². The molecule has 0 spiro atoms. The molecule has 0 saturated carbocycles. The average Bonchev–Trinajstić information content (AvgIpc) is 2.01. The van der Waals surface area contributed by atoms with Gasteiger partial charge in [-0.15, -0.1) is 0 Å². The van der Waals surface area contributed by atoms with Crippen molar-refractivity contribution in [3.63, 3.8) is 0 Å². The minimum Gasteiger partial charge on any atom is -0.481 e. The van der Waals surface area contributed by atoms with E-state index in [9.17, 15) is 9.59 Å². The molecule has 0 aliphatic carbocycles. The van der Waals surface area contributed by atoms with Crippen LogP contribution in [0.2, 0.25) is 0 Å². The van der Waals surface area contributed by atoms with Gasteiger partial charge >= 0.3 is 11.9 Å². The summed E-state index contributed by atoms with van der Waals surface area (Å²) in [6, 6.07) is 0. The highest BCUT2D eigenvalue weighted by Gasteiger charge is 2.38. The molecule has 0 bridgehead atoms. The zero-order valence-corrected chi connectivity index (χ0v) is 7.56. The maximum absolute atomic E-state index is 10.6. The van der Waals surface area contributed by atoms with Crippen LogP contribution < -0.4 is 0 Å². The standard InChI is InChI=1S/C8H12O6/c9-6(10)1-8(2-7(11)12)3-13-5-14-4-8/h1-5H2,(H,9,10)(H,11,12). The lowest BCUT2D eigenvalue weighted by Gasteiger charge is -2.33. The average molecular weight is 204 g/mol. The van der Waals surface area contributed by atoms with Gasteiger partial charge in [-0.1, -0.05) is 0 Å². The first-order chi connectivity index (χ1) is 6.54. The molecule has 6 nitrogen and oxygen atoms in total. The van der Waals surface area contributed by atoms with E-state index in [1.807, 2.05) is 0 Å². The van der Waals surface area contributed by atoms with Crippen LogP contribution in [0.25, 0.3) is 0 Å². The van der Waals surface area contributed by atoms with E-state index in [0.717, 1.165) is 0 Å². The second-order valence-electron chi connectivity index (χ2n) is 3.46. The maximum atomic E-state index is 10.6. The second-order valence-corrected chi connectivity index (χ2v) is 3.46. The number of hydrogen-bond donors (Lipinski definition) is 2. The lowest BCUT2D eigenvalue weighted by Crippen LogP contribution is -2.41. The Bertz CT molecular complexity index is 212. The van der Waals surface area contributed by atoms with Crippen molar-refractivity contribution in [2.24, 2.45) is 5.41 Å². The summed E-state index contributed by atoms with van der Waals surface area (Å²) < 4.78 is 9.88. The van der Waals surface area contributed by atoms with Crippen LogP contribution in [0, 0.1) is 5.41 Å². The van der Waals surface area contributed by atoms with Gasteiger partial charge in [-0.3, -0.25) is 9.59 Å². The number of hydrogen-bond acceptors (Lipinski definition) is 4. The number of ether oxygens (including phenoxy) is 2.